The number of nitrogens with zero attached hydrogens (tertiary/aromatic N) is 4. The summed E-state index contributed by atoms with van der Waals surface area (Å²) < 4.78 is 37.6. The highest BCUT2D eigenvalue weighted by Gasteiger charge is 2.31. The Morgan fingerprint density at radius 2 is 0.656 bits per heavy atom. The Bertz CT molecular complexity index is 2560. The fraction of sp³-hybridized carbons (Fsp3) is 0.280. The van der Waals surface area contributed by atoms with Crippen molar-refractivity contribution in [1.82, 2.24) is 20.6 Å². The Kier molecular flexibility index (Phi) is 12.1. The zero-order valence-corrected chi connectivity index (χ0v) is 36.9. The Morgan fingerprint density at radius 3 is 1.02 bits per heavy atom. The molecule has 7 aliphatic heterocycles. The number of hydrogen-bond donors (Lipinski definition) is 4. The van der Waals surface area contributed by atoms with E-state index in [9.17, 15) is 0 Å². The van der Waals surface area contributed by atoms with Gasteiger partial charge in [-0.05, 0) is 127 Å². The minimum atomic E-state index is -0.0875. The van der Waals surface area contributed by atoms with Gasteiger partial charge < -0.3 is 49.0 Å². The van der Waals surface area contributed by atoms with Crippen LogP contribution in [0.3, 0.4) is 0 Å². The molecule has 14 nitrogen and oxygen atoms in total. The number of fused-ring (bicyclic) bond motifs is 14. The van der Waals surface area contributed by atoms with Gasteiger partial charge in [-0.3, -0.25) is 0 Å². The van der Waals surface area contributed by atoms with E-state index in [4.69, 9.17) is 48.4 Å². The van der Waals surface area contributed by atoms with Crippen LogP contribution in [-0.2, 0) is 28.4 Å². The minimum absolute atomic E-state index is 0.0875. The largest absolute Gasteiger partial charge is 0.489 e. The predicted molar refractivity (Wildman–Crippen MR) is 251 cm³/mol. The molecule has 0 fully saturated rings. The molecule has 0 spiro atoms. The van der Waals surface area contributed by atoms with Gasteiger partial charge in [0.2, 0.25) is 0 Å². The third kappa shape index (κ3) is 8.14. The summed E-state index contributed by atoms with van der Waals surface area (Å²) in [6.07, 6.45) is 23.9. The second-order valence-corrected chi connectivity index (χ2v) is 14.9. The van der Waals surface area contributed by atoms with Crippen molar-refractivity contribution in [3.8, 4) is 11.4 Å². The summed E-state index contributed by atoms with van der Waals surface area (Å²) >= 11 is 0. The van der Waals surface area contributed by atoms with Crippen LogP contribution in [0.4, 0.5) is 0 Å². The number of aromatic nitrogens is 2. The molecule has 0 saturated carbocycles. The third-order valence-electron chi connectivity index (χ3n) is 10.8. The van der Waals surface area contributed by atoms with Crippen molar-refractivity contribution in [3.05, 3.63) is 166 Å². The maximum atomic E-state index is 6.27. The van der Waals surface area contributed by atoms with Crippen LogP contribution in [0, 0.1) is 0 Å². The predicted octanol–water partition coefficient (Wildman–Crippen LogP) is 8.53. The van der Waals surface area contributed by atoms with E-state index in [0.29, 0.717) is 120 Å². The molecule has 328 valence electrons. The van der Waals surface area contributed by atoms with Gasteiger partial charge in [0.05, 0.1) is 85.9 Å². The normalized spacial score (nSPS) is 27.7. The van der Waals surface area contributed by atoms with Crippen LogP contribution in [0.15, 0.2) is 174 Å². The minimum Gasteiger partial charge on any atom is -0.489 e. The van der Waals surface area contributed by atoms with Gasteiger partial charge in [0, 0.05) is 0 Å². The highest BCUT2D eigenvalue weighted by Crippen LogP contribution is 2.34. The summed E-state index contributed by atoms with van der Waals surface area (Å²) in [5.74, 6) is 3.63. The number of aromatic amines is 2. The van der Waals surface area contributed by atoms with Crippen molar-refractivity contribution < 1.29 is 28.4 Å². The van der Waals surface area contributed by atoms with Crippen molar-refractivity contribution in [2.45, 2.75) is 53.6 Å². The lowest BCUT2D eigenvalue weighted by atomic mass is 10.1. The third-order valence-corrected chi connectivity index (χ3v) is 10.8. The quantitative estimate of drug-likeness (QED) is 0.165. The van der Waals surface area contributed by atoms with Crippen LogP contribution >= 0.6 is 0 Å². The number of allylic oxidation sites excluding steroid dienone is 10. The van der Waals surface area contributed by atoms with E-state index in [1.807, 2.05) is 127 Å². The van der Waals surface area contributed by atoms with E-state index < -0.39 is 0 Å². The molecule has 0 saturated heterocycles. The molecule has 2 unspecified atom stereocenters. The summed E-state index contributed by atoms with van der Waals surface area (Å²) in [6.45, 7) is 14.4. The SMILES string of the molecule is CCO/C1=C2\C=CC(=N2)/C(OCC)=C2/C=CC(N2)C2C=C/C(=C(\OCC)C3=N/C(=C(/OCC)C4=N/C(=C(/OCC)c5ccc([nH]5)-c5ccc([nH]5)/C(OCC)=C5/C=CC1=N5)C=C4)C=C3)N2. The zero-order valence-electron chi connectivity index (χ0n) is 36.9. The number of H-pyrrole nitrogens is 2. The average molecular weight is 861 g/mol. The van der Waals surface area contributed by atoms with Crippen molar-refractivity contribution in [1.29, 1.82) is 0 Å². The molecule has 2 aromatic heterocycles. The van der Waals surface area contributed by atoms with Crippen molar-refractivity contribution in [2.24, 2.45) is 20.0 Å². The second-order valence-electron chi connectivity index (χ2n) is 14.9. The van der Waals surface area contributed by atoms with E-state index in [1.54, 1.807) is 0 Å². The average Bonchev–Trinajstić information content (AvgIpc) is 4.16. The summed E-state index contributed by atoms with van der Waals surface area (Å²) in [5, 5.41) is 7.33. The molecule has 64 heavy (non-hydrogen) atoms. The Balaban J connectivity index is 1.17. The molecule has 9 heterocycles. The Labute approximate surface area is 372 Å². The fourth-order valence-electron chi connectivity index (χ4n) is 8.07. The van der Waals surface area contributed by atoms with E-state index >= 15 is 0 Å². The molecule has 0 radical (unpaired) electrons. The highest BCUT2D eigenvalue weighted by molar-refractivity contribution is 6.15. The zero-order chi connectivity index (χ0) is 44.2. The van der Waals surface area contributed by atoms with Gasteiger partial charge in [0.15, 0.2) is 34.6 Å². The number of hydrogen-bond acceptors (Lipinski definition) is 12. The first-order chi connectivity index (χ1) is 31.4. The van der Waals surface area contributed by atoms with Crippen molar-refractivity contribution >= 4 is 34.4 Å². The molecule has 14 heteroatoms. The van der Waals surface area contributed by atoms with Crippen LogP contribution in [0.1, 0.15) is 52.9 Å². The highest BCUT2D eigenvalue weighted by atomic mass is 16.5. The lowest BCUT2D eigenvalue weighted by Gasteiger charge is -2.21. The first-order valence-corrected chi connectivity index (χ1v) is 22.0. The van der Waals surface area contributed by atoms with Gasteiger partial charge in [-0.1, -0.05) is 12.2 Å². The summed E-state index contributed by atoms with van der Waals surface area (Å²) in [5.41, 5.74) is 10.2. The molecule has 9 rings (SSSR count). The summed E-state index contributed by atoms with van der Waals surface area (Å²) in [7, 11) is 0. The molecule has 0 aliphatic carbocycles. The maximum Gasteiger partial charge on any atom is 0.170 e. The van der Waals surface area contributed by atoms with Crippen molar-refractivity contribution in [2.75, 3.05) is 39.6 Å². The van der Waals surface area contributed by atoms with E-state index in [1.165, 1.54) is 0 Å². The standard InChI is InChI=1S/C50H52N8O6/c1-7-59-45-33-17-13-29(51-33)30-14-18-34(52-30)46(60-8-2)39-23-27-43(57-39)50(64-12-6)44-28-24-40(58-44)48(62-10-4)36-20-16-32(54-36)31-15-19-35(53-31)47(61-9-3)38-22-26-42(56-38)49(63-11-5)41-25-21-37(45)55-41/h13-30,51-54H,7-12H2,1-6H3/b45-33+,46-34+,47-38+,48-40+,49-41+,50-43+. The first kappa shape index (κ1) is 41.9. The smallest absolute Gasteiger partial charge is 0.170 e. The molecule has 16 bridgehead atoms. The molecular formula is C50H52N8O6. The lowest BCUT2D eigenvalue weighted by molar-refractivity contribution is 0.243. The molecule has 0 aromatic carbocycles. The fourth-order valence-corrected chi connectivity index (χ4v) is 8.07. The van der Waals surface area contributed by atoms with Crippen LogP contribution in [0.2, 0.25) is 0 Å². The van der Waals surface area contributed by atoms with Crippen LogP contribution in [-0.4, -0.2) is 84.5 Å². The van der Waals surface area contributed by atoms with Crippen LogP contribution in [0.5, 0.6) is 0 Å². The summed E-state index contributed by atoms with van der Waals surface area (Å²) in [6, 6.07) is 7.83. The van der Waals surface area contributed by atoms with E-state index in [-0.39, 0.29) is 12.1 Å². The molecule has 7 aliphatic rings. The van der Waals surface area contributed by atoms with Gasteiger partial charge in [-0.2, -0.15) is 0 Å². The number of nitrogens with one attached hydrogen (secondary N) is 4. The van der Waals surface area contributed by atoms with Gasteiger partial charge in [-0.15, -0.1) is 0 Å². The first-order valence-electron chi connectivity index (χ1n) is 22.0. The van der Waals surface area contributed by atoms with Gasteiger partial charge in [0.1, 0.15) is 45.6 Å². The van der Waals surface area contributed by atoms with Gasteiger partial charge >= 0.3 is 0 Å². The number of ether oxygens (including phenoxy) is 6. The molecular weight excluding hydrogens is 809 g/mol. The molecule has 0 amide bonds. The lowest BCUT2D eigenvalue weighted by Crippen LogP contribution is -2.41. The monoisotopic (exact) mass is 860 g/mol. The topological polar surface area (TPSA) is 160 Å². The molecule has 2 aromatic rings. The Hall–Kier alpha value is -7.48. The van der Waals surface area contributed by atoms with E-state index in [2.05, 4.69) is 32.8 Å². The van der Waals surface area contributed by atoms with E-state index in [0.717, 1.165) is 34.2 Å². The Morgan fingerprint density at radius 1 is 0.359 bits per heavy atom. The number of aliphatic imine (C=N–C) groups is 4. The van der Waals surface area contributed by atoms with Crippen LogP contribution < -0.4 is 10.6 Å². The summed E-state index contributed by atoms with van der Waals surface area (Å²) in [4.78, 5) is 27.2. The van der Waals surface area contributed by atoms with Crippen LogP contribution in [0.25, 0.3) is 22.9 Å². The molecule has 4 N–H and O–H groups in total. The van der Waals surface area contributed by atoms with Crippen molar-refractivity contribution in [3.63, 3.8) is 0 Å². The number of rotatable bonds is 12. The molecule has 2 atom stereocenters. The second kappa shape index (κ2) is 18.5. The van der Waals surface area contributed by atoms with Gasteiger partial charge in [-0.25, -0.2) is 20.0 Å². The van der Waals surface area contributed by atoms with Gasteiger partial charge in [0.25, 0.3) is 0 Å². The maximum absolute atomic E-state index is 6.27.